The molecule has 128 valence electrons. The number of carbonyl (C=O) groups is 1. The SMILES string of the molecule is Cc1ccc2c(c1)C1CN(C)CCC1N2C(=O)c1cc(C#N)oc1C. The third kappa shape index (κ3) is 2.45. The number of anilines is 1. The topological polar surface area (TPSA) is 60.5 Å². The lowest BCUT2D eigenvalue weighted by Gasteiger charge is -2.36. The van der Waals surface area contributed by atoms with Gasteiger partial charge in [0, 0.05) is 30.3 Å². The van der Waals surface area contributed by atoms with Gasteiger partial charge in [0.15, 0.2) is 0 Å². The quantitative estimate of drug-likeness (QED) is 0.803. The molecule has 0 saturated carbocycles. The van der Waals surface area contributed by atoms with Gasteiger partial charge in [-0.05, 0) is 45.5 Å². The third-order valence-corrected chi connectivity index (χ3v) is 5.43. The summed E-state index contributed by atoms with van der Waals surface area (Å²) < 4.78 is 5.39. The van der Waals surface area contributed by atoms with Gasteiger partial charge in [-0.3, -0.25) is 4.79 Å². The number of fused-ring (bicyclic) bond motifs is 3. The van der Waals surface area contributed by atoms with E-state index >= 15 is 0 Å². The minimum atomic E-state index is -0.0649. The maximum atomic E-state index is 13.3. The largest absolute Gasteiger partial charge is 0.450 e. The predicted octanol–water partition coefficient (Wildman–Crippen LogP) is 3.22. The number of likely N-dealkylation sites (tertiary alicyclic amines) is 1. The standard InChI is InChI=1S/C20H21N3O2/c1-12-4-5-18-16(8-12)17-11-22(3)7-6-19(17)23(18)20(24)15-9-14(10-21)25-13(15)2/h4-5,8-9,17,19H,6-7,11H2,1-3H3. The molecule has 1 amide bonds. The van der Waals surface area contributed by atoms with Crippen molar-refractivity contribution >= 4 is 11.6 Å². The van der Waals surface area contributed by atoms with E-state index in [2.05, 4.69) is 37.1 Å². The molecule has 1 aromatic carbocycles. The van der Waals surface area contributed by atoms with E-state index in [1.807, 2.05) is 11.0 Å². The first kappa shape index (κ1) is 15.9. The van der Waals surface area contributed by atoms with E-state index in [-0.39, 0.29) is 17.7 Å². The summed E-state index contributed by atoms with van der Waals surface area (Å²) in [5, 5.41) is 9.05. The number of carbonyl (C=O) groups excluding carboxylic acids is 1. The molecule has 1 saturated heterocycles. The molecule has 0 aliphatic carbocycles. The summed E-state index contributed by atoms with van der Waals surface area (Å²) in [5.41, 5.74) is 3.96. The fourth-order valence-electron chi connectivity index (χ4n) is 4.23. The smallest absolute Gasteiger partial charge is 0.262 e. The van der Waals surface area contributed by atoms with Crippen LogP contribution in [0.3, 0.4) is 0 Å². The summed E-state index contributed by atoms with van der Waals surface area (Å²) in [6, 6.07) is 10.0. The van der Waals surface area contributed by atoms with E-state index in [1.54, 1.807) is 13.0 Å². The van der Waals surface area contributed by atoms with Gasteiger partial charge < -0.3 is 14.2 Å². The molecule has 25 heavy (non-hydrogen) atoms. The van der Waals surface area contributed by atoms with Crippen molar-refractivity contribution in [2.45, 2.75) is 32.2 Å². The second kappa shape index (κ2) is 5.75. The zero-order valence-corrected chi connectivity index (χ0v) is 14.7. The number of nitrogens with zero attached hydrogens (tertiary/aromatic N) is 3. The van der Waals surface area contributed by atoms with Crippen LogP contribution in [0.1, 0.15) is 45.3 Å². The summed E-state index contributed by atoms with van der Waals surface area (Å²) in [4.78, 5) is 17.6. The van der Waals surface area contributed by atoms with Crippen molar-refractivity contribution in [3.63, 3.8) is 0 Å². The van der Waals surface area contributed by atoms with Crippen LogP contribution in [0.4, 0.5) is 5.69 Å². The Labute approximate surface area is 147 Å². The number of aryl methyl sites for hydroxylation is 2. The van der Waals surface area contributed by atoms with Gasteiger partial charge in [0.2, 0.25) is 5.76 Å². The molecule has 5 heteroatoms. The van der Waals surface area contributed by atoms with Crippen LogP contribution < -0.4 is 4.90 Å². The van der Waals surface area contributed by atoms with E-state index in [9.17, 15) is 4.79 Å². The van der Waals surface area contributed by atoms with E-state index in [0.29, 0.717) is 17.2 Å². The molecule has 5 nitrogen and oxygen atoms in total. The Bertz CT molecular complexity index is 893. The summed E-state index contributed by atoms with van der Waals surface area (Å²) in [6.07, 6.45) is 0.947. The lowest BCUT2D eigenvalue weighted by atomic mass is 9.88. The van der Waals surface area contributed by atoms with Crippen molar-refractivity contribution in [3.8, 4) is 6.07 Å². The van der Waals surface area contributed by atoms with Gasteiger partial charge in [-0.1, -0.05) is 17.7 Å². The van der Waals surface area contributed by atoms with Crippen molar-refractivity contribution in [3.05, 3.63) is 52.5 Å². The molecule has 2 aromatic rings. The van der Waals surface area contributed by atoms with E-state index in [4.69, 9.17) is 9.68 Å². The molecule has 2 unspecified atom stereocenters. The number of hydrogen-bond acceptors (Lipinski definition) is 4. The zero-order valence-electron chi connectivity index (χ0n) is 14.7. The fraction of sp³-hybridized carbons (Fsp3) is 0.400. The normalized spacial score (nSPS) is 22.4. The number of nitriles is 1. The van der Waals surface area contributed by atoms with Crippen LogP contribution >= 0.6 is 0 Å². The molecule has 2 aliphatic rings. The Hall–Kier alpha value is -2.58. The minimum absolute atomic E-state index is 0.0649. The summed E-state index contributed by atoms with van der Waals surface area (Å²) in [6.45, 7) is 5.77. The molecule has 0 N–H and O–H groups in total. The maximum Gasteiger partial charge on any atom is 0.262 e. The van der Waals surface area contributed by atoms with Crippen LogP contribution in [0, 0.1) is 25.2 Å². The van der Waals surface area contributed by atoms with E-state index in [1.165, 1.54) is 11.1 Å². The second-order valence-electron chi connectivity index (χ2n) is 7.15. The average molecular weight is 335 g/mol. The first-order valence-corrected chi connectivity index (χ1v) is 8.62. The molecule has 0 spiro atoms. The van der Waals surface area contributed by atoms with Gasteiger partial charge in [0.25, 0.3) is 5.91 Å². The van der Waals surface area contributed by atoms with Crippen molar-refractivity contribution < 1.29 is 9.21 Å². The Morgan fingerprint density at radius 3 is 2.84 bits per heavy atom. The van der Waals surface area contributed by atoms with Crippen molar-refractivity contribution in [2.75, 3.05) is 25.0 Å². The number of benzene rings is 1. The molecule has 0 bridgehead atoms. The molecule has 1 aromatic heterocycles. The van der Waals surface area contributed by atoms with Gasteiger partial charge in [-0.25, -0.2) is 0 Å². The summed E-state index contributed by atoms with van der Waals surface area (Å²) in [5.74, 6) is 0.959. The first-order chi connectivity index (χ1) is 12.0. The van der Waals surface area contributed by atoms with E-state index < -0.39 is 0 Å². The average Bonchev–Trinajstić information content (AvgIpc) is 3.12. The van der Waals surface area contributed by atoms with Gasteiger partial charge in [-0.15, -0.1) is 0 Å². The molecular weight excluding hydrogens is 314 g/mol. The van der Waals surface area contributed by atoms with Crippen molar-refractivity contribution in [2.24, 2.45) is 0 Å². The third-order valence-electron chi connectivity index (χ3n) is 5.43. The number of hydrogen-bond donors (Lipinski definition) is 0. The van der Waals surface area contributed by atoms with Crippen LogP contribution in [-0.4, -0.2) is 37.0 Å². The van der Waals surface area contributed by atoms with Crippen LogP contribution in [0.5, 0.6) is 0 Å². The van der Waals surface area contributed by atoms with Crippen LogP contribution in [0.2, 0.25) is 0 Å². The second-order valence-corrected chi connectivity index (χ2v) is 7.15. The zero-order chi connectivity index (χ0) is 17.7. The summed E-state index contributed by atoms with van der Waals surface area (Å²) in [7, 11) is 2.13. The highest BCUT2D eigenvalue weighted by molar-refractivity contribution is 6.09. The van der Waals surface area contributed by atoms with E-state index in [0.717, 1.165) is 25.2 Å². The first-order valence-electron chi connectivity index (χ1n) is 8.62. The lowest BCUT2D eigenvalue weighted by molar-refractivity contribution is 0.0963. The van der Waals surface area contributed by atoms with Crippen molar-refractivity contribution in [1.29, 1.82) is 5.26 Å². The maximum absolute atomic E-state index is 13.3. The van der Waals surface area contributed by atoms with Gasteiger partial charge in [0.1, 0.15) is 11.8 Å². The Morgan fingerprint density at radius 2 is 2.12 bits per heavy atom. The minimum Gasteiger partial charge on any atom is -0.450 e. The summed E-state index contributed by atoms with van der Waals surface area (Å²) >= 11 is 0. The molecule has 4 rings (SSSR count). The molecule has 2 aliphatic heterocycles. The van der Waals surface area contributed by atoms with Crippen LogP contribution in [-0.2, 0) is 0 Å². The highest BCUT2D eigenvalue weighted by Gasteiger charge is 2.44. The number of furan rings is 1. The highest BCUT2D eigenvalue weighted by Crippen LogP contribution is 2.45. The number of piperidine rings is 1. The fourth-order valence-corrected chi connectivity index (χ4v) is 4.23. The van der Waals surface area contributed by atoms with Crippen LogP contribution in [0.15, 0.2) is 28.7 Å². The molecular formula is C20H21N3O2. The molecule has 1 fully saturated rings. The highest BCUT2D eigenvalue weighted by atomic mass is 16.3. The molecule has 2 atom stereocenters. The predicted molar refractivity (Wildman–Crippen MR) is 94.8 cm³/mol. The lowest BCUT2D eigenvalue weighted by Crippen LogP contribution is -2.47. The Balaban J connectivity index is 1.80. The van der Waals surface area contributed by atoms with Crippen LogP contribution in [0.25, 0.3) is 0 Å². The Morgan fingerprint density at radius 1 is 1.32 bits per heavy atom. The van der Waals surface area contributed by atoms with Gasteiger partial charge >= 0.3 is 0 Å². The van der Waals surface area contributed by atoms with Gasteiger partial charge in [0.05, 0.1) is 5.56 Å². The Kier molecular flexibility index (Phi) is 3.66. The number of amides is 1. The molecule has 0 radical (unpaired) electrons. The number of likely N-dealkylation sites (N-methyl/N-ethyl adjacent to an activating group) is 1. The monoisotopic (exact) mass is 335 g/mol. The number of rotatable bonds is 1. The van der Waals surface area contributed by atoms with Gasteiger partial charge in [-0.2, -0.15) is 5.26 Å². The van der Waals surface area contributed by atoms with Crippen molar-refractivity contribution in [1.82, 2.24) is 4.90 Å². The molecule has 3 heterocycles.